The van der Waals surface area contributed by atoms with E-state index in [0.717, 1.165) is 16.8 Å². The Bertz CT molecular complexity index is 266. The third kappa shape index (κ3) is 1.30. The maximum atomic E-state index is 5.24. The van der Waals surface area contributed by atoms with Crippen molar-refractivity contribution in [2.75, 3.05) is 6.61 Å². The summed E-state index contributed by atoms with van der Waals surface area (Å²) < 4.78 is 6.25. The van der Waals surface area contributed by atoms with Gasteiger partial charge >= 0.3 is 0 Å². The molecule has 1 unspecified atom stereocenters. The summed E-state index contributed by atoms with van der Waals surface area (Å²) in [6.07, 6.45) is 1.79. The van der Waals surface area contributed by atoms with E-state index in [9.17, 15) is 0 Å². The van der Waals surface area contributed by atoms with Crippen molar-refractivity contribution in [3.8, 4) is 0 Å². The zero-order valence-electron chi connectivity index (χ0n) is 6.17. The molecule has 0 saturated carbocycles. The van der Waals surface area contributed by atoms with Gasteiger partial charge in [0, 0.05) is 10.7 Å². The van der Waals surface area contributed by atoms with Gasteiger partial charge in [-0.2, -0.15) is 0 Å². The lowest BCUT2D eigenvalue weighted by atomic mass is 10.1. The lowest BCUT2D eigenvalue weighted by molar-refractivity contribution is 0.324. The molecule has 2 nitrogen and oxygen atoms in total. The molecule has 1 atom stereocenters. The summed E-state index contributed by atoms with van der Waals surface area (Å²) in [4.78, 5) is 4.24. The zero-order valence-corrected chi connectivity index (χ0v) is 7.76. The summed E-state index contributed by atoms with van der Waals surface area (Å²) in [5.74, 6) is 0. The second kappa shape index (κ2) is 2.29. The molecule has 0 aliphatic carbocycles. The van der Waals surface area contributed by atoms with Crippen LogP contribution in [0, 0.1) is 0 Å². The molecule has 0 amide bonds. The van der Waals surface area contributed by atoms with Crippen LogP contribution in [-0.2, 0) is 10.3 Å². The lowest BCUT2D eigenvalue weighted by Gasteiger charge is -2.02. The van der Waals surface area contributed by atoms with Gasteiger partial charge in [-0.1, -0.05) is 0 Å². The highest BCUT2D eigenvalue weighted by Crippen LogP contribution is 2.36. The van der Waals surface area contributed by atoms with Crippen molar-refractivity contribution in [2.45, 2.75) is 12.5 Å². The number of aromatic nitrogens is 1. The van der Waals surface area contributed by atoms with Crippen molar-refractivity contribution in [2.24, 2.45) is 0 Å². The van der Waals surface area contributed by atoms with Gasteiger partial charge in [-0.25, -0.2) is 0 Å². The van der Waals surface area contributed by atoms with Gasteiger partial charge in [0.2, 0.25) is 0 Å². The molecule has 2 heterocycles. The molecule has 1 aromatic heterocycles. The first-order valence-electron chi connectivity index (χ1n) is 3.47. The van der Waals surface area contributed by atoms with Crippen LogP contribution in [-0.4, -0.2) is 11.6 Å². The van der Waals surface area contributed by atoms with Crippen molar-refractivity contribution in [3.05, 3.63) is 28.5 Å². The molecule has 2 rings (SSSR count). The fourth-order valence-corrected chi connectivity index (χ4v) is 1.18. The topological polar surface area (TPSA) is 25.4 Å². The lowest BCUT2D eigenvalue weighted by Crippen LogP contribution is -2.04. The van der Waals surface area contributed by atoms with E-state index in [4.69, 9.17) is 4.74 Å². The van der Waals surface area contributed by atoms with Crippen LogP contribution < -0.4 is 0 Å². The predicted molar refractivity (Wildman–Crippen MR) is 45.2 cm³/mol. The quantitative estimate of drug-likeness (QED) is 0.668. The number of pyridine rings is 1. The molecular weight excluding hydrogens is 206 g/mol. The maximum absolute atomic E-state index is 5.24. The molecule has 11 heavy (non-hydrogen) atoms. The Kier molecular flexibility index (Phi) is 1.51. The minimum absolute atomic E-state index is 0.0965. The molecule has 3 heteroatoms. The number of halogens is 1. The average molecular weight is 214 g/mol. The molecule has 1 aliphatic heterocycles. The number of rotatable bonds is 1. The van der Waals surface area contributed by atoms with Gasteiger partial charge in [-0.15, -0.1) is 0 Å². The van der Waals surface area contributed by atoms with E-state index < -0.39 is 0 Å². The molecule has 1 aliphatic rings. The molecule has 0 aromatic carbocycles. The van der Waals surface area contributed by atoms with Crippen LogP contribution >= 0.6 is 15.9 Å². The van der Waals surface area contributed by atoms with Crippen molar-refractivity contribution in [1.29, 1.82) is 0 Å². The minimum Gasteiger partial charge on any atom is -0.363 e. The molecule has 0 radical (unpaired) electrons. The van der Waals surface area contributed by atoms with Gasteiger partial charge in [0.05, 0.1) is 12.3 Å². The van der Waals surface area contributed by atoms with Crippen LogP contribution in [0.3, 0.4) is 0 Å². The van der Waals surface area contributed by atoms with Crippen LogP contribution in [0.5, 0.6) is 0 Å². The third-order valence-corrected chi connectivity index (χ3v) is 2.32. The van der Waals surface area contributed by atoms with Gasteiger partial charge in [0.25, 0.3) is 0 Å². The summed E-state index contributed by atoms with van der Waals surface area (Å²) in [6.45, 7) is 2.84. The Morgan fingerprint density at radius 3 is 2.82 bits per heavy atom. The van der Waals surface area contributed by atoms with E-state index in [0.29, 0.717) is 0 Å². The Hall–Kier alpha value is -0.410. The Morgan fingerprint density at radius 2 is 2.36 bits per heavy atom. The summed E-state index contributed by atoms with van der Waals surface area (Å²) in [5, 5.41) is 0. The monoisotopic (exact) mass is 213 g/mol. The fraction of sp³-hybridized carbons (Fsp3) is 0.375. The highest BCUT2D eigenvalue weighted by Gasteiger charge is 2.42. The maximum Gasteiger partial charge on any atom is 0.130 e. The van der Waals surface area contributed by atoms with Crippen LogP contribution in [0.2, 0.25) is 0 Å². The highest BCUT2D eigenvalue weighted by molar-refractivity contribution is 9.10. The highest BCUT2D eigenvalue weighted by atomic mass is 79.9. The standard InChI is InChI=1S/C8H8BrNO/c1-8(5-11-8)7-3-2-6(9)4-10-7/h2-4H,5H2,1H3. The minimum atomic E-state index is -0.0965. The summed E-state index contributed by atoms with van der Waals surface area (Å²) in [5.41, 5.74) is 0.918. The number of hydrogen-bond donors (Lipinski definition) is 0. The largest absolute Gasteiger partial charge is 0.363 e. The van der Waals surface area contributed by atoms with Crippen LogP contribution in [0.1, 0.15) is 12.6 Å². The van der Waals surface area contributed by atoms with E-state index in [1.54, 1.807) is 6.20 Å². The van der Waals surface area contributed by atoms with E-state index >= 15 is 0 Å². The van der Waals surface area contributed by atoms with Crippen LogP contribution in [0.15, 0.2) is 22.8 Å². The number of hydrogen-bond acceptors (Lipinski definition) is 2. The molecule has 1 fully saturated rings. The van der Waals surface area contributed by atoms with E-state index in [2.05, 4.69) is 20.9 Å². The summed E-state index contributed by atoms with van der Waals surface area (Å²) >= 11 is 3.33. The first kappa shape index (κ1) is 7.25. The summed E-state index contributed by atoms with van der Waals surface area (Å²) in [6, 6.07) is 3.96. The van der Waals surface area contributed by atoms with Gasteiger partial charge in [0.1, 0.15) is 5.60 Å². The van der Waals surface area contributed by atoms with Gasteiger partial charge in [-0.05, 0) is 35.0 Å². The SMILES string of the molecule is CC1(c2ccc(Br)cn2)CO1. The molecule has 0 bridgehead atoms. The Morgan fingerprint density at radius 1 is 1.64 bits per heavy atom. The van der Waals surface area contributed by atoms with Crippen molar-refractivity contribution < 1.29 is 4.74 Å². The van der Waals surface area contributed by atoms with Gasteiger partial charge in [-0.3, -0.25) is 4.98 Å². The zero-order chi connectivity index (χ0) is 7.90. The molecule has 1 saturated heterocycles. The average Bonchev–Trinajstić information content (AvgIpc) is 2.70. The first-order valence-corrected chi connectivity index (χ1v) is 4.26. The fourth-order valence-electron chi connectivity index (χ4n) is 0.945. The smallest absolute Gasteiger partial charge is 0.130 e. The Labute approximate surface area is 73.7 Å². The molecular formula is C8H8BrNO. The van der Waals surface area contributed by atoms with Crippen molar-refractivity contribution >= 4 is 15.9 Å². The Balaban J connectivity index is 2.33. The van der Waals surface area contributed by atoms with E-state index in [1.807, 2.05) is 19.1 Å². The summed E-state index contributed by atoms with van der Waals surface area (Å²) in [7, 11) is 0. The third-order valence-electron chi connectivity index (χ3n) is 1.85. The molecule has 1 aromatic rings. The van der Waals surface area contributed by atoms with Gasteiger partial charge < -0.3 is 4.74 Å². The molecule has 0 spiro atoms. The van der Waals surface area contributed by atoms with E-state index in [-0.39, 0.29) is 5.60 Å². The van der Waals surface area contributed by atoms with Crippen LogP contribution in [0.4, 0.5) is 0 Å². The predicted octanol–water partition coefficient (Wildman–Crippen LogP) is 2.09. The number of epoxide rings is 1. The van der Waals surface area contributed by atoms with E-state index in [1.165, 1.54) is 0 Å². The van der Waals surface area contributed by atoms with Crippen molar-refractivity contribution in [3.63, 3.8) is 0 Å². The van der Waals surface area contributed by atoms with Crippen molar-refractivity contribution in [1.82, 2.24) is 4.98 Å². The van der Waals surface area contributed by atoms with Gasteiger partial charge in [0.15, 0.2) is 0 Å². The number of nitrogens with zero attached hydrogens (tertiary/aromatic N) is 1. The second-order valence-corrected chi connectivity index (χ2v) is 3.80. The first-order chi connectivity index (χ1) is 5.21. The molecule has 58 valence electrons. The number of ether oxygens (including phenoxy) is 1. The molecule has 0 N–H and O–H groups in total. The second-order valence-electron chi connectivity index (χ2n) is 2.88. The normalized spacial score (nSPS) is 28.5. The van der Waals surface area contributed by atoms with Crippen LogP contribution in [0.25, 0.3) is 0 Å².